The summed E-state index contributed by atoms with van der Waals surface area (Å²) in [6, 6.07) is 13.3. The number of benzene rings is 2. The first-order valence-corrected chi connectivity index (χ1v) is 7.46. The zero-order chi connectivity index (χ0) is 15.4. The van der Waals surface area contributed by atoms with Crippen molar-refractivity contribution in [3.63, 3.8) is 0 Å². The second-order valence-electron chi connectivity index (χ2n) is 5.38. The summed E-state index contributed by atoms with van der Waals surface area (Å²) >= 11 is 0. The van der Waals surface area contributed by atoms with Crippen LogP contribution in [0, 0.1) is 6.92 Å². The molecule has 1 aliphatic rings. The Morgan fingerprint density at radius 1 is 1.05 bits per heavy atom. The van der Waals surface area contributed by atoms with Crippen molar-refractivity contribution in [2.24, 2.45) is 0 Å². The number of hydrogen-bond acceptors (Lipinski definition) is 3. The summed E-state index contributed by atoms with van der Waals surface area (Å²) in [4.78, 5) is 12.1. The molecule has 114 valence electrons. The van der Waals surface area contributed by atoms with Crippen LogP contribution in [0.1, 0.15) is 27.9 Å². The van der Waals surface area contributed by atoms with Crippen LogP contribution >= 0.6 is 0 Å². The van der Waals surface area contributed by atoms with Crippen molar-refractivity contribution in [3.8, 4) is 11.5 Å². The van der Waals surface area contributed by atoms with Gasteiger partial charge in [0, 0.05) is 18.5 Å². The van der Waals surface area contributed by atoms with E-state index in [-0.39, 0.29) is 5.91 Å². The lowest BCUT2D eigenvalue weighted by molar-refractivity contribution is 0.0951. The normalized spacial score (nSPS) is 13.3. The van der Waals surface area contributed by atoms with E-state index in [9.17, 15) is 4.79 Å². The Morgan fingerprint density at radius 2 is 1.77 bits per heavy atom. The molecule has 3 rings (SSSR count). The summed E-state index contributed by atoms with van der Waals surface area (Å²) in [6.07, 6.45) is 0.883. The summed E-state index contributed by atoms with van der Waals surface area (Å²) in [5.74, 6) is 1.44. The molecule has 1 amide bonds. The third-order valence-corrected chi connectivity index (χ3v) is 3.58. The van der Waals surface area contributed by atoms with Gasteiger partial charge in [-0.25, -0.2) is 0 Å². The molecule has 0 saturated carbocycles. The summed E-state index contributed by atoms with van der Waals surface area (Å²) in [7, 11) is 0. The van der Waals surface area contributed by atoms with Crippen molar-refractivity contribution in [3.05, 3.63) is 59.2 Å². The summed E-state index contributed by atoms with van der Waals surface area (Å²) < 4.78 is 11.3. The van der Waals surface area contributed by atoms with E-state index in [4.69, 9.17) is 9.47 Å². The minimum Gasteiger partial charge on any atom is -0.490 e. The number of hydrogen-bond donors (Lipinski definition) is 1. The lowest BCUT2D eigenvalue weighted by Gasteiger charge is -2.10. The van der Waals surface area contributed by atoms with Crippen LogP contribution in [0.4, 0.5) is 0 Å². The largest absolute Gasteiger partial charge is 0.490 e. The van der Waals surface area contributed by atoms with Gasteiger partial charge < -0.3 is 14.8 Å². The molecule has 4 nitrogen and oxygen atoms in total. The molecule has 0 aromatic heterocycles. The van der Waals surface area contributed by atoms with Gasteiger partial charge in [-0.3, -0.25) is 4.79 Å². The van der Waals surface area contributed by atoms with E-state index in [1.165, 1.54) is 0 Å². The third-order valence-electron chi connectivity index (χ3n) is 3.58. The summed E-state index contributed by atoms with van der Waals surface area (Å²) in [6.45, 7) is 3.80. The molecule has 0 bridgehead atoms. The Morgan fingerprint density at radius 3 is 2.55 bits per heavy atom. The second kappa shape index (κ2) is 6.52. The molecule has 1 N–H and O–H groups in total. The topological polar surface area (TPSA) is 47.6 Å². The highest BCUT2D eigenvalue weighted by atomic mass is 16.5. The summed E-state index contributed by atoms with van der Waals surface area (Å²) in [5, 5.41) is 2.92. The molecule has 0 aliphatic carbocycles. The lowest BCUT2D eigenvalue weighted by Crippen LogP contribution is -2.22. The van der Waals surface area contributed by atoms with Crippen molar-refractivity contribution in [2.75, 3.05) is 13.2 Å². The van der Waals surface area contributed by atoms with Crippen LogP contribution in [0.15, 0.2) is 42.5 Å². The maximum atomic E-state index is 12.1. The highest BCUT2D eigenvalue weighted by molar-refractivity contribution is 5.94. The number of carbonyl (C=O) groups excluding carboxylic acids is 1. The van der Waals surface area contributed by atoms with Gasteiger partial charge in [-0.1, -0.05) is 23.8 Å². The van der Waals surface area contributed by atoms with Gasteiger partial charge in [0.1, 0.15) is 0 Å². The third kappa shape index (κ3) is 3.39. The number of carbonyl (C=O) groups is 1. The molecule has 0 unspecified atom stereocenters. The van der Waals surface area contributed by atoms with Crippen LogP contribution in [0.2, 0.25) is 0 Å². The van der Waals surface area contributed by atoms with Crippen LogP contribution in [0.5, 0.6) is 11.5 Å². The SMILES string of the molecule is Cc1ccc(C(=O)NCc2ccc3c(c2)OCCCO3)cc1. The molecule has 0 saturated heterocycles. The minimum absolute atomic E-state index is 0.0767. The Hall–Kier alpha value is -2.49. The average Bonchev–Trinajstić information content (AvgIpc) is 2.78. The fourth-order valence-electron chi connectivity index (χ4n) is 2.31. The number of ether oxygens (including phenoxy) is 2. The van der Waals surface area contributed by atoms with E-state index in [0.29, 0.717) is 25.3 Å². The number of rotatable bonds is 3. The first kappa shape index (κ1) is 14.4. The van der Waals surface area contributed by atoms with E-state index in [1.807, 2.05) is 49.4 Å². The van der Waals surface area contributed by atoms with Gasteiger partial charge in [-0.2, -0.15) is 0 Å². The van der Waals surface area contributed by atoms with Crippen LogP contribution in [-0.2, 0) is 6.54 Å². The van der Waals surface area contributed by atoms with Gasteiger partial charge in [0.25, 0.3) is 5.91 Å². The minimum atomic E-state index is -0.0767. The number of aryl methyl sites for hydroxylation is 1. The standard InChI is InChI=1S/C18H19NO3/c1-13-3-6-15(7-4-13)18(20)19-12-14-5-8-16-17(11-14)22-10-2-9-21-16/h3-8,11H,2,9-10,12H2,1H3,(H,19,20). The monoisotopic (exact) mass is 297 g/mol. The highest BCUT2D eigenvalue weighted by Gasteiger charge is 2.11. The van der Waals surface area contributed by atoms with Crippen molar-refractivity contribution >= 4 is 5.91 Å². The van der Waals surface area contributed by atoms with Crippen LogP contribution in [0.3, 0.4) is 0 Å². The predicted octanol–water partition coefficient (Wildman–Crippen LogP) is 3.09. The van der Waals surface area contributed by atoms with E-state index >= 15 is 0 Å². The fraction of sp³-hybridized carbons (Fsp3) is 0.278. The first-order chi connectivity index (χ1) is 10.7. The molecule has 1 aliphatic heterocycles. The Labute approximate surface area is 130 Å². The molecule has 0 spiro atoms. The molecule has 0 radical (unpaired) electrons. The Kier molecular flexibility index (Phi) is 4.28. The summed E-state index contributed by atoms with van der Waals surface area (Å²) in [5.41, 5.74) is 2.80. The second-order valence-corrected chi connectivity index (χ2v) is 5.38. The van der Waals surface area contributed by atoms with Gasteiger partial charge in [-0.05, 0) is 36.8 Å². The smallest absolute Gasteiger partial charge is 0.251 e. The van der Waals surface area contributed by atoms with Crippen LogP contribution in [0.25, 0.3) is 0 Å². The van der Waals surface area contributed by atoms with E-state index in [1.54, 1.807) is 0 Å². The lowest BCUT2D eigenvalue weighted by atomic mass is 10.1. The zero-order valence-electron chi connectivity index (χ0n) is 12.6. The van der Waals surface area contributed by atoms with E-state index in [0.717, 1.165) is 29.0 Å². The van der Waals surface area contributed by atoms with Gasteiger partial charge in [0.2, 0.25) is 0 Å². The maximum Gasteiger partial charge on any atom is 0.251 e. The molecule has 4 heteroatoms. The molecule has 22 heavy (non-hydrogen) atoms. The molecule has 2 aromatic rings. The zero-order valence-corrected chi connectivity index (χ0v) is 12.6. The molecule has 1 heterocycles. The number of amides is 1. The van der Waals surface area contributed by atoms with Crippen LogP contribution in [-0.4, -0.2) is 19.1 Å². The Bertz CT molecular complexity index is 665. The number of nitrogens with one attached hydrogen (secondary N) is 1. The van der Waals surface area contributed by atoms with Crippen molar-refractivity contribution in [1.29, 1.82) is 0 Å². The number of fused-ring (bicyclic) bond motifs is 1. The fourth-order valence-corrected chi connectivity index (χ4v) is 2.31. The quantitative estimate of drug-likeness (QED) is 0.947. The maximum absolute atomic E-state index is 12.1. The van der Waals surface area contributed by atoms with Crippen molar-refractivity contribution < 1.29 is 14.3 Å². The average molecular weight is 297 g/mol. The molecular formula is C18H19NO3. The molecule has 0 fully saturated rings. The molecule has 0 atom stereocenters. The van der Waals surface area contributed by atoms with E-state index < -0.39 is 0 Å². The Balaban J connectivity index is 1.65. The van der Waals surface area contributed by atoms with Crippen molar-refractivity contribution in [2.45, 2.75) is 19.9 Å². The predicted molar refractivity (Wildman–Crippen MR) is 84.4 cm³/mol. The van der Waals surface area contributed by atoms with Gasteiger partial charge in [-0.15, -0.1) is 0 Å². The van der Waals surface area contributed by atoms with Gasteiger partial charge in [0.05, 0.1) is 13.2 Å². The van der Waals surface area contributed by atoms with E-state index in [2.05, 4.69) is 5.32 Å². The highest BCUT2D eigenvalue weighted by Crippen LogP contribution is 2.30. The first-order valence-electron chi connectivity index (χ1n) is 7.46. The molecular weight excluding hydrogens is 278 g/mol. The van der Waals surface area contributed by atoms with Crippen molar-refractivity contribution in [1.82, 2.24) is 5.32 Å². The van der Waals surface area contributed by atoms with Gasteiger partial charge in [0.15, 0.2) is 11.5 Å². The molecule has 2 aromatic carbocycles. The van der Waals surface area contributed by atoms with Crippen LogP contribution < -0.4 is 14.8 Å². The van der Waals surface area contributed by atoms with Gasteiger partial charge >= 0.3 is 0 Å².